The van der Waals surface area contributed by atoms with E-state index in [9.17, 15) is 0 Å². The third-order valence-electron chi connectivity index (χ3n) is 3.74. The molecule has 0 aliphatic carbocycles. The highest BCUT2D eigenvalue weighted by Gasteiger charge is 2.21. The first-order valence-corrected chi connectivity index (χ1v) is 7.81. The number of nitrogens with zero attached hydrogens (tertiary/aromatic N) is 2. The first-order valence-electron chi connectivity index (χ1n) is 6.87. The average Bonchev–Trinajstić information content (AvgIpc) is 2.93. The molecule has 2 heterocycles. The van der Waals surface area contributed by atoms with Crippen LogP contribution in [0.15, 0.2) is 16.8 Å². The van der Waals surface area contributed by atoms with Gasteiger partial charge in [0.25, 0.3) is 0 Å². The third kappa shape index (κ3) is 3.79. The first kappa shape index (κ1) is 14.0. The van der Waals surface area contributed by atoms with E-state index in [1.54, 1.807) is 11.3 Å². The maximum absolute atomic E-state index is 5.42. The number of hydrogen-bond donors (Lipinski definition) is 0. The van der Waals surface area contributed by atoms with Crippen molar-refractivity contribution in [3.8, 4) is 0 Å². The molecule has 0 N–H and O–H groups in total. The first-order chi connectivity index (χ1) is 8.81. The molecule has 2 rings (SSSR count). The van der Waals surface area contributed by atoms with E-state index in [2.05, 4.69) is 40.5 Å². The fraction of sp³-hybridized carbons (Fsp3) is 0.714. The lowest BCUT2D eigenvalue weighted by atomic mass is 10.1. The fourth-order valence-electron chi connectivity index (χ4n) is 2.44. The molecular formula is C14H24N2OS. The molecule has 0 radical (unpaired) electrons. The highest BCUT2D eigenvalue weighted by Crippen LogP contribution is 2.23. The van der Waals surface area contributed by atoms with Gasteiger partial charge in [0.15, 0.2) is 0 Å². The van der Waals surface area contributed by atoms with Crippen LogP contribution in [0.5, 0.6) is 0 Å². The molecule has 1 saturated heterocycles. The molecule has 3 nitrogen and oxygen atoms in total. The van der Waals surface area contributed by atoms with Crippen LogP contribution in [0, 0.1) is 0 Å². The van der Waals surface area contributed by atoms with E-state index in [0.29, 0.717) is 6.04 Å². The normalized spacial score (nSPS) is 20.1. The van der Waals surface area contributed by atoms with Gasteiger partial charge in [0.05, 0.1) is 6.61 Å². The van der Waals surface area contributed by atoms with Crippen LogP contribution in [0.25, 0.3) is 0 Å². The van der Waals surface area contributed by atoms with E-state index in [1.807, 2.05) is 0 Å². The predicted molar refractivity (Wildman–Crippen MR) is 77.2 cm³/mol. The van der Waals surface area contributed by atoms with E-state index < -0.39 is 0 Å². The zero-order valence-corrected chi connectivity index (χ0v) is 12.3. The third-order valence-corrected chi connectivity index (χ3v) is 4.44. The lowest BCUT2D eigenvalue weighted by Gasteiger charge is -2.37. The molecule has 0 aromatic carbocycles. The summed E-state index contributed by atoms with van der Waals surface area (Å²) < 4.78 is 5.42. The second-order valence-electron chi connectivity index (χ2n) is 4.81. The number of thiophene rings is 1. The monoisotopic (exact) mass is 268 g/mol. The Hall–Kier alpha value is -0.420. The van der Waals surface area contributed by atoms with E-state index >= 15 is 0 Å². The minimum Gasteiger partial charge on any atom is -0.380 e. The minimum atomic E-state index is 0.560. The Morgan fingerprint density at radius 3 is 2.72 bits per heavy atom. The van der Waals surface area contributed by atoms with Crippen molar-refractivity contribution in [1.82, 2.24) is 9.80 Å². The second-order valence-corrected chi connectivity index (χ2v) is 5.59. The predicted octanol–water partition coefficient (Wildman–Crippen LogP) is 2.46. The van der Waals surface area contributed by atoms with Gasteiger partial charge in [0.1, 0.15) is 0 Å². The summed E-state index contributed by atoms with van der Waals surface area (Å²) >= 11 is 1.79. The SMILES string of the molecule is CCOCCN1CCN([C@@H](C)c2ccsc2)CC1. The lowest BCUT2D eigenvalue weighted by molar-refractivity contribution is 0.0676. The van der Waals surface area contributed by atoms with Crippen molar-refractivity contribution < 1.29 is 4.74 Å². The molecular weight excluding hydrogens is 244 g/mol. The summed E-state index contributed by atoms with van der Waals surface area (Å²) in [7, 11) is 0. The molecule has 1 aliphatic heterocycles. The summed E-state index contributed by atoms with van der Waals surface area (Å²) in [6.45, 7) is 11.8. The van der Waals surface area contributed by atoms with Gasteiger partial charge >= 0.3 is 0 Å². The van der Waals surface area contributed by atoms with Crippen molar-refractivity contribution >= 4 is 11.3 Å². The smallest absolute Gasteiger partial charge is 0.0593 e. The van der Waals surface area contributed by atoms with Gasteiger partial charge in [-0.25, -0.2) is 0 Å². The van der Waals surface area contributed by atoms with Crippen molar-refractivity contribution in [3.05, 3.63) is 22.4 Å². The van der Waals surface area contributed by atoms with Crippen LogP contribution in [-0.2, 0) is 4.74 Å². The van der Waals surface area contributed by atoms with Crippen LogP contribution in [0.3, 0.4) is 0 Å². The van der Waals surface area contributed by atoms with Gasteiger partial charge in [-0.05, 0) is 36.2 Å². The van der Waals surface area contributed by atoms with Crippen LogP contribution >= 0.6 is 11.3 Å². The Labute approximate surface area is 114 Å². The maximum atomic E-state index is 5.42. The molecule has 1 aromatic heterocycles. The van der Waals surface area contributed by atoms with Crippen LogP contribution in [0.2, 0.25) is 0 Å². The molecule has 1 atom stereocenters. The summed E-state index contributed by atoms with van der Waals surface area (Å²) in [4.78, 5) is 5.09. The van der Waals surface area contributed by atoms with Gasteiger partial charge in [0.2, 0.25) is 0 Å². The van der Waals surface area contributed by atoms with Gasteiger partial charge in [-0.3, -0.25) is 9.80 Å². The van der Waals surface area contributed by atoms with Crippen molar-refractivity contribution in [1.29, 1.82) is 0 Å². The standard InChI is InChI=1S/C14H24N2OS/c1-3-17-10-9-15-5-7-16(8-6-15)13(2)14-4-11-18-12-14/h4,11-13H,3,5-10H2,1-2H3/t13-/m0/s1. The Bertz CT molecular complexity index is 321. The highest BCUT2D eigenvalue weighted by atomic mass is 32.1. The molecule has 18 heavy (non-hydrogen) atoms. The summed E-state index contributed by atoms with van der Waals surface area (Å²) in [5, 5.41) is 4.44. The quantitative estimate of drug-likeness (QED) is 0.737. The molecule has 0 spiro atoms. The molecule has 102 valence electrons. The topological polar surface area (TPSA) is 15.7 Å². The maximum Gasteiger partial charge on any atom is 0.0593 e. The van der Waals surface area contributed by atoms with Crippen molar-refractivity contribution in [2.45, 2.75) is 19.9 Å². The number of rotatable bonds is 6. The molecule has 0 bridgehead atoms. The molecule has 0 unspecified atom stereocenters. The Morgan fingerprint density at radius 1 is 1.33 bits per heavy atom. The highest BCUT2D eigenvalue weighted by molar-refractivity contribution is 7.07. The number of piperazine rings is 1. The second kappa shape index (κ2) is 7.24. The van der Waals surface area contributed by atoms with Gasteiger partial charge in [-0.15, -0.1) is 0 Å². The molecule has 4 heteroatoms. The van der Waals surface area contributed by atoms with E-state index in [0.717, 1.165) is 19.8 Å². The van der Waals surface area contributed by atoms with Gasteiger partial charge < -0.3 is 4.74 Å². The fourth-order valence-corrected chi connectivity index (χ4v) is 3.18. The van der Waals surface area contributed by atoms with Crippen LogP contribution < -0.4 is 0 Å². The van der Waals surface area contributed by atoms with Crippen LogP contribution in [-0.4, -0.2) is 55.7 Å². The summed E-state index contributed by atoms with van der Waals surface area (Å²) in [5.74, 6) is 0. The number of ether oxygens (including phenoxy) is 1. The molecule has 1 fully saturated rings. The Morgan fingerprint density at radius 2 is 2.11 bits per heavy atom. The molecule has 0 amide bonds. The molecule has 0 saturated carbocycles. The zero-order valence-electron chi connectivity index (χ0n) is 11.5. The van der Waals surface area contributed by atoms with Crippen molar-refractivity contribution in [2.75, 3.05) is 45.9 Å². The summed E-state index contributed by atoms with van der Waals surface area (Å²) in [6.07, 6.45) is 0. The molecule has 1 aromatic rings. The van der Waals surface area contributed by atoms with Gasteiger partial charge in [-0.1, -0.05) is 0 Å². The van der Waals surface area contributed by atoms with E-state index in [1.165, 1.54) is 31.7 Å². The largest absolute Gasteiger partial charge is 0.380 e. The number of hydrogen-bond acceptors (Lipinski definition) is 4. The Balaban J connectivity index is 1.73. The zero-order chi connectivity index (χ0) is 12.8. The van der Waals surface area contributed by atoms with Gasteiger partial charge in [-0.2, -0.15) is 11.3 Å². The minimum absolute atomic E-state index is 0.560. The van der Waals surface area contributed by atoms with Crippen molar-refractivity contribution in [2.24, 2.45) is 0 Å². The van der Waals surface area contributed by atoms with Gasteiger partial charge in [0, 0.05) is 45.4 Å². The molecule has 1 aliphatic rings. The Kier molecular flexibility index (Phi) is 5.63. The van der Waals surface area contributed by atoms with Crippen LogP contribution in [0.1, 0.15) is 25.5 Å². The van der Waals surface area contributed by atoms with Crippen molar-refractivity contribution in [3.63, 3.8) is 0 Å². The summed E-state index contributed by atoms with van der Waals surface area (Å²) in [6, 6.07) is 2.81. The van der Waals surface area contributed by atoms with Crippen LogP contribution in [0.4, 0.5) is 0 Å². The van der Waals surface area contributed by atoms with E-state index in [4.69, 9.17) is 4.74 Å². The lowest BCUT2D eigenvalue weighted by Crippen LogP contribution is -2.47. The average molecular weight is 268 g/mol. The summed E-state index contributed by atoms with van der Waals surface area (Å²) in [5.41, 5.74) is 1.46. The van der Waals surface area contributed by atoms with E-state index in [-0.39, 0.29) is 0 Å².